The van der Waals surface area contributed by atoms with E-state index < -0.39 is 0 Å². The summed E-state index contributed by atoms with van der Waals surface area (Å²) in [6.07, 6.45) is 1.21. The molecular formula is C13H19ClN2. The number of hydrogen-bond acceptors (Lipinski definition) is 2. The fourth-order valence-electron chi connectivity index (χ4n) is 2.29. The van der Waals surface area contributed by atoms with Crippen molar-refractivity contribution in [1.82, 2.24) is 10.2 Å². The molecule has 0 saturated carbocycles. The highest BCUT2D eigenvalue weighted by Gasteiger charge is 2.32. The summed E-state index contributed by atoms with van der Waals surface area (Å²) in [5.41, 5.74) is 1.40. The predicted octanol–water partition coefficient (Wildman–Crippen LogP) is 2.48. The van der Waals surface area contributed by atoms with E-state index in [4.69, 9.17) is 11.6 Å². The number of rotatable bonds is 1. The Labute approximate surface area is 103 Å². The standard InChI is InChI=1S/C13H19ClN2/c1-13(10-15-8-3-9-16(13)2)11-4-6-12(14)7-5-11/h4-7,15H,3,8-10H2,1-2H3. The lowest BCUT2D eigenvalue weighted by atomic mass is 9.90. The molecule has 0 radical (unpaired) electrons. The van der Waals surface area contributed by atoms with Gasteiger partial charge in [-0.25, -0.2) is 0 Å². The number of benzene rings is 1. The molecule has 1 aliphatic rings. The van der Waals surface area contributed by atoms with Gasteiger partial charge in [-0.3, -0.25) is 4.90 Å². The van der Waals surface area contributed by atoms with E-state index in [0.29, 0.717) is 0 Å². The molecule has 16 heavy (non-hydrogen) atoms. The molecular weight excluding hydrogens is 220 g/mol. The summed E-state index contributed by atoms with van der Waals surface area (Å²) in [6.45, 7) is 5.51. The summed E-state index contributed by atoms with van der Waals surface area (Å²) >= 11 is 5.94. The highest BCUT2D eigenvalue weighted by molar-refractivity contribution is 6.30. The molecule has 1 fully saturated rings. The Kier molecular flexibility index (Phi) is 3.53. The van der Waals surface area contributed by atoms with Gasteiger partial charge < -0.3 is 5.32 Å². The molecule has 0 spiro atoms. The van der Waals surface area contributed by atoms with Crippen LogP contribution < -0.4 is 5.32 Å². The topological polar surface area (TPSA) is 15.3 Å². The van der Waals surface area contributed by atoms with E-state index in [1.807, 2.05) is 12.1 Å². The second kappa shape index (κ2) is 4.74. The lowest BCUT2D eigenvalue weighted by Gasteiger charge is -2.38. The largest absolute Gasteiger partial charge is 0.315 e. The van der Waals surface area contributed by atoms with Crippen molar-refractivity contribution >= 4 is 11.6 Å². The van der Waals surface area contributed by atoms with Gasteiger partial charge in [-0.05, 0) is 51.2 Å². The van der Waals surface area contributed by atoms with Gasteiger partial charge >= 0.3 is 0 Å². The van der Waals surface area contributed by atoms with E-state index in [1.165, 1.54) is 12.0 Å². The fourth-order valence-corrected chi connectivity index (χ4v) is 2.41. The molecule has 2 rings (SSSR count). The van der Waals surface area contributed by atoms with Crippen LogP contribution in [-0.2, 0) is 5.54 Å². The first-order valence-corrected chi connectivity index (χ1v) is 6.19. The predicted molar refractivity (Wildman–Crippen MR) is 68.9 cm³/mol. The third kappa shape index (κ3) is 2.24. The molecule has 88 valence electrons. The number of nitrogens with one attached hydrogen (secondary N) is 1. The van der Waals surface area contributed by atoms with Crippen LogP contribution in [0.3, 0.4) is 0 Å². The van der Waals surface area contributed by atoms with Gasteiger partial charge in [0.2, 0.25) is 0 Å². The Bertz CT molecular complexity index is 349. The zero-order chi connectivity index (χ0) is 11.6. The number of likely N-dealkylation sites (N-methyl/N-ethyl adjacent to an activating group) is 1. The Hall–Kier alpha value is -0.570. The summed E-state index contributed by atoms with van der Waals surface area (Å²) in [5.74, 6) is 0. The van der Waals surface area contributed by atoms with E-state index >= 15 is 0 Å². The number of nitrogens with zero attached hydrogens (tertiary/aromatic N) is 1. The Morgan fingerprint density at radius 2 is 2.00 bits per heavy atom. The van der Waals surface area contributed by atoms with Crippen molar-refractivity contribution in [1.29, 1.82) is 0 Å². The van der Waals surface area contributed by atoms with Crippen LogP contribution in [0.2, 0.25) is 5.02 Å². The Balaban J connectivity index is 2.31. The van der Waals surface area contributed by atoms with Crippen LogP contribution in [-0.4, -0.2) is 31.6 Å². The Morgan fingerprint density at radius 1 is 1.31 bits per heavy atom. The third-order valence-corrected chi connectivity index (χ3v) is 3.88. The number of hydrogen-bond donors (Lipinski definition) is 1. The van der Waals surface area contributed by atoms with E-state index in [0.717, 1.165) is 24.7 Å². The molecule has 2 nitrogen and oxygen atoms in total. The van der Waals surface area contributed by atoms with Crippen LogP contribution in [0.1, 0.15) is 18.9 Å². The average molecular weight is 239 g/mol. The maximum absolute atomic E-state index is 5.94. The van der Waals surface area contributed by atoms with Crippen LogP contribution in [0, 0.1) is 0 Å². The molecule has 1 N–H and O–H groups in total. The third-order valence-electron chi connectivity index (χ3n) is 3.62. The second-order valence-electron chi connectivity index (χ2n) is 4.73. The minimum Gasteiger partial charge on any atom is -0.315 e. The van der Waals surface area contributed by atoms with E-state index in [-0.39, 0.29) is 5.54 Å². The lowest BCUT2D eigenvalue weighted by molar-refractivity contribution is 0.151. The summed E-state index contributed by atoms with van der Waals surface area (Å²) < 4.78 is 0. The van der Waals surface area contributed by atoms with Gasteiger partial charge in [0.25, 0.3) is 0 Å². The van der Waals surface area contributed by atoms with Crippen molar-refractivity contribution in [3.63, 3.8) is 0 Å². The summed E-state index contributed by atoms with van der Waals surface area (Å²) in [4.78, 5) is 2.43. The van der Waals surface area contributed by atoms with Crippen molar-refractivity contribution in [3.05, 3.63) is 34.9 Å². The first-order valence-electron chi connectivity index (χ1n) is 5.81. The van der Waals surface area contributed by atoms with Crippen molar-refractivity contribution in [3.8, 4) is 0 Å². The van der Waals surface area contributed by atoms with Gasteiger partial charge in [-0.2, -0.15) is 0 Å². The molecule has 1 aromatic rings. The van der Waals surface area contributed by atoms with Gasteiger partial charge in [0.1, 0.15) is 0 Å². The number of halogens is 1. The molecule has 1 atom stereocenters. The van der Waals surface area contributed by atoms with Crippen LogP contribution in [0.15, 0.2) is 24.3 Å². The maximum Gasteiger partial charge on any atom is 0.0554 e. The molecule has 0 bridgehead atoms. The fraction of sp³-hybridized carbons (Fsp3) is 0.538. The van der Waals surface area contributed by atoms with Gasteiger partial charge in [0, 0.05) is 11.6 Å². The van der Waals surface area contributed by atoms with Gasteiger partial charge in [-0.1, -0.05) is 23.7 Å². The molecule has 0 amide bonds. The minimum absolute atomic E-state index is 0.0705. The van der Waals surface area contributed by atoms with Crippen molar-refractivity contribution in [2.75, 3.05) is 26.7 Å². The van der Waals surface area contributed by atoms with Crippen molar-refractivity contribution in [2.24, 2.45) is 0 Å². The van der Waals surface area contributed by atoms with Crippen LogP contribution >= 0.6 is 11.6 Å². The molecule has 3 heteroatoms. The molecule has 1 aliphatic heterocycles. The van der Waals surface area contributed by atoms with Gasteiger partial charge in [0.05, 0.1) is 5.54 Å². The second-order valence-corrected chi connectivity index (χ2v) is 5.17. The summed E-state index contributed by atoms with van der Waals surface area (Å²) in [7, 11) is 2.20. The van der Waals surface area contributed by atoms with Gasteiger partial charge in [0.15, 0.2) is 0 Å². The lowest BCUT2D eigenvalue weighted by Crippen LogP contribution is -2.46. The monoisotopic (exact) mass is 238 g/mol. The Morgan fingerprint density at radius 3 is 2.69 bits per heavy atom. The van der Waals surface area contributed by atoms with Crippen molar-refractivity contribution < 1.29 is 0 Å². The summed E-state index contributed by atoms with van der Waals surface area (Å²) in [5, 5.41) is 4.31. The molecule has 1 aromatic carbocycles. The minimum atomic E-state index is 0.0705. The molecule has 0 aromatic heterocycles. The van der Waals surface area contributed by atoms with Crippen molar-refractivity contribution in [2.45, 2.75) is 18.9 Å². The molecule has 0 aliphatic carbocycles. The SMILES string of the molecule is CN1CCCNCC1(C)c1ccc(Cl)cc1. The maximum atomic E-state index is 5.94. The highest BCUT2D eigenvalue weighted by atomic mass is 35.5. The zero-order valence-corrected chi connectivity index (χ0v) is 10.7. The van der Waals surface area contributed by atoms with Gasteiger partial charge in [-0.15, -0.1) is 0 Å². The van der Waals surface area contributed by atoms with Crippen LogP contribution in [0.5, 0.6) is 0 Å². The highest BCUT2D eigenvalue weighted by Crippen LogP contribution is 2.28. The molecule has 1 saturated heterocycles. The first kappa shape index (κ1) is 11.9. The van der Waals surface area contributed by atoms with Crippen LogP contribution in [0.4, 0.5) is 0 Å². The zero-order valence-electron chi connectivity index (χ0n) is 9.96. The quantitative estimate of drug-likeness (QED) is 0.809. The molecule has 1 unspecified atom stereocenters. The first-order chi connectivity index (χ1) is 7.63. The van der Waals surface area contributed by atoms with E-state index in [2.05, 4.69) is 36.3 Å². The van der Waals surface area contributed by atoms with E-state index in [9.17, 15) is 0 Å². The van der Waals surface area contributed by atoms with E-state index in [1.54, 1.807) is 0 Å². The molecule has 1 heterocycles. The summed E-state index contributed by atoms with van der Waals surface area (Å²) in [6, 6.07) is 8.21. The van der Waals surface area contributed by atoms with Crippen LogP contribution in [0.25, 0.3) is 0 Å². The average Bonchev–Trinajstić information content (AvgIpc) is 2.44. The normalized spacial score (nSPS) is 27.7. The smallest absolute Gasteiger partial charge is 0.0554 e.